The van der Waals surface area contributed by atoms with Gasteiger partial charge in [-0.2, -0.15) is 0 Å². The smallest absolute Gasteiger partial charge is 0.252 e. The number of carbonyl (C=O) groups excluding carboxylic acids is 1. The van der Waals surface area contributed by atoms with Gasteiger partial charge in [-0.15, -0.1) is 0 Å². The van der Waals surface area contributed by atoms with Crippen LogP contribution in [0.1, 0.15) is 10.4 Å². The monoisotopic (exact) mass is 335 g/mol. The van der Waals surface area contributed by atoms with Crippen molar-refractivity contribution in [2.45, 2.75) is 6.10 Å². The summed E-state index contributed by atoms with van der Waals surface area (Å²) >= 11 is 9.17. The number of rotatable bonds is 6. The van der Waals surface area contributed by atoms with Gasteiger partial charge in [0.25, 0.3) is 5.91 Å². The number of ether oxygens (including phenoxy) is 2. The molecule has 1 aromatic carbocycles. The average Bonchev–Trinajstić information content (AvgIpc) is 2.37. The highest BCUT2D eigenvalue weighted by atomic mass is 79.9. The normalized spacial score (nSPS) is 12.2. The number of nitrogens with one attached hydrogen (secondary N) is 1. The van der Waals surface area contributed by atoms with Crippen molar-refractivity contribution in [2.75, 3.05) is 27.4 Å². The van der Waals surface area contributed by atoms with Gasteiger partial charge in [0.1, 0.15) is 0 Å². The average molecular weight is 337 g/mol. The molecular formula is C12H15BrClNO3. The molecule has 6 heteroatoms. The number of methoxy groups -OCH3 is 2. The zero-order valence-electron chi connectivity index (χ0n) is 10.2. The maximum absolute atomic E-state index is 11.9. The molecule has 100 valence electrons. The second-order valence-electron chi connectivity index (χ2n) is 3.65. The summed E-state index contributed by atoms with van der Waals surface area (Å²) in [5.74, 6) is -0.206. The number of benzene rings is 1. The minimum Gasteiger partial charge on any atom is -0.382 e. The van der Waals surface area contributed by atoms with E-state index in [9.17, 15) is 4.79 Å². The van der Waals surface area contributed by atoms with Crippen molar-refractivity contribution in [1.82, 2.24) is 5.32 Å². The molecule has 1 amide bonds. The third kappa shape index (κ3) is 4.57. The molecule has 0 spiro atoms. The predicted molar refractivity (Wildman–Crippen MR) is 74.2 cm³/mol. The van der Waals surface area contributed by atoms with Gasteiger partial charge in [0.05, 0.1) is 18.3 Å². The SMILES string of the molecule is COCC(CNC(=O)c1cc(Cl)ccc1Br)OC. The summed E-state index contributed by atoms with van der Waals surface area (Å²) in [4.78, 5) is 11.9. The lowest BCUT2D eigenvalue weighted by atomic mass is 10.2. The Bertz CT molecular complexity index is 414. The fraction of sp³-hybridized carbons (Fsp3) is 0.417. The summed E-state index contributed by atoms with van der Waals surface area (Å²) in [6.07, 6.45) is -0.170. The summed E-state index contributed by atoms with van der Waals surface area (Å²) in [7, 11) is 3.16. The minimum atomic E-state index is -0.206. The van der Waals surface area contributed by atoms with E-state index in [2.05, 4.69) is 21.2 Å². The largest absolute Gasteiger partial charge is 0.382 e. The van der Waals surface area contributed by atoms with Crippen LogP contribution in [0.25, 0.3) is 0 Å². The maximum atomic E-state index is 11.9. The van der Waals surface area contributed by atoms with E-state index in [-0.39, 0.29) is 12.0 Å². The van der Waals surface area contributed by atoms with E-state index in [1.807, 2.05) is 0 Å². The van der Waals surface area contributed by atoms with Crippen LogP contribution in [-0.4, -0.2) is 39.4 Å². The molecule has 1 N–H and O–H groups in total. The standard InChI is InChI=1S/C12H15BrClNO3/c1-17-7-9(18-2)6-15-12(16)10-5-8(14)3-4-11(10)13/h3-5,9H,6-7H2,1-2H3,(H,15,16). The van der Waals surface area contributed by atoms with Crippen LogP contribution in [0.3, 0.4) is 0 Å². The molecule has 0 aliphatic heterocycles. The van der Waals surface area contributed by atoms with Crippen LogP contribution in [-0.2, 0) is 9.47 Å². The van der Waals surface area contributed by atoms with Gasteiger partial charge in [0.2, 0.25) is 0 Å². The lowest BCUT2D eigenvalue weighted by Gasteiger charge is -2.15. The molecule has 0 radical (unpaired) electrons. The van der Waals surface area contributed by atoms with Crippen LogP contribution in [0.5, 0.6) is 0 Å². The van der Waals surface area contributed by atoms with Crippen molar-refractivity contribution < 1.29 is 14.3 Å². The van der Waals surface area contributed by atoms with Crippen LogP contribution >= 0.6 is 27.5 Å². The molecule has 0 aromatic heterocycles. The quantitative estimate of drug-likeness (QED) is 0.868. The molecule has 18 heavy (non-hydrogen) atoms. The van der Waals surface area contributed by atoms with Crippen molar-refractivity contribution in [3.05, 3.63) is 33.3 Å². The Kier molecular flexibility index (Phi) is 6.63. The number of amides is 1. The Morgan fingerprint density at radius 2 is 2.22 bits per heavy atom. The summed E-state index contributed by atoms with van der Waals surface area (Å²) < 4.78 is 10.8. The van der Waals surface area contributed by atoms with E-state index < -0.39 is 0 Å². The van der Waals surface area contributed by atoms with Crippen molar-refractivity contribution in [3.8, 4) is 0 Å². The van der Waals surface area contributed by atoms with Gasteiger partial charge < -0.3 is 14.8 Å². The fourth-order valence-electron chi connectivity index (χ4n) is 1.37. The second kappa shape index (κ2) is 7.74. The van der Waals surface area contributed by atoms with Gasteiger partial charge in [-0.1, -0.05) is 11.6 Å². The molecule has 1 unspecified atom stereocenters. The molecule has 0 aliphatic rings. The summed E-state index contributed by atoms with van der Waals surface area (Å²) in [6, 6.07) is 5.06. The molecule has 1 rings (SSSR count). The third-order valence-corrected chi connectivity index (χ3v) is 3.28. The number of halogens is 2. The first-order valence-corrected chi connectivity index (χ1v) is 6.50. The minimum absolute atomic E-state index is 0.170. The molecule has 4 nitrogen and oxygen atoms in total. The zero-order chi connectivity index (χ0) is 13.5. The van der Waals surface area contributed by atoms with Crippen LogP contribution in [0.2, 0.25) is 5.02 Å². The summed E-state index contributed by atoms with van der Waals surface area (Å²) in [5.41, 5.74) is 0.495. The Balaban J connectivity index is 2.62. The zero-order valence-corrected chi connectivity index (χ0v) is 12.5. The molecule has 1 aromatic rings. The van der Waals surface area contributed by atoms with Crippen molar-refractivity contribution in [1.29, 1.82) is 0 Å². The molecule has 0 aliphatic carbocycles. The van der Waals surface area contributed by atoms with Crippen molar-refractivity contribution >= 4 is 33.4 Å². The highest BCUT2D eigenvalue weighted by Gasteiger charge is 2.13. The Morgan fingerprint density at radius 1 is 1.50 bits per heavy atom. The number of hydrogen-bond donors (Lipinski definition) is 1. The van der Waals surface area contributed by atoms with E-state index in [1.54, 1.807) is 32.4 Å². The molecule has 1 atom stereocenters. The predicted octanol–water partition coefficient (Wildman–Crippen LogP) is 2.49. The van der Waals surface area contributed by atoms with E-state index >= 15 is 0 Å². The summed E-state index contributed by atoms with van der Waals surface area (Å²) in [5, 5.41) is 3.29. The van der Waals surface area contributed by atoms with Gasteiger partial charge in [0.15, 0.2) is 0 Å². The van der Waals surface area contributed by atoms with Gasteiger partial charge in [-0.05, 0) is 34.1 Å². The van der Waals surface area contributed by atoms with Crippen LogP contribution in [0, 0.1) is 0 Å². The molecule has 0 saturated heterocycles. The topological polar surface area (TPSA) is 47.6 Å². The lowest BCUT2D eigenvalue weighted by Crippen LogP contribution is -2.35. The first-order valence-electron chi connectivity index (χ1n) is 5.33. The van der Waals surface area contributed by atoms with Crippen LogP contribution < -0.4 is 5.32 Å². The molecule has 0 fully saturated rings. The Labute approximate surface area is 120 Å². The highest BCUT2D eigenvalue weighted by molar-refractivity contribution is 9.10. The number of carbonyl (C=O) groups is 1. The molecule has 0 bridgehead atoms. The fourth-order valence-corrected chi connectivity index (χ4v) is 1.97. The lowest BCUT2D eigenvalue weighted by molar-refractivity contribution is 0.0285. The first-order chi connectivity index (χ1) is 8.58. The molecular weight excluding hydrogens is 321 g/mol. The van der Waals surface area contributed by atoms with Gasteiger partial charge in [-0.25, -0.2) is 0 Å². The Morgan fingerprint density at radius 3 is 2.83 bits per heavy atom. The molecule has 0 heterocycles. The van der Waals surface area contributed by atoms with Crippen molar-refractivity contribution in [3.63, 3.8) is 0 Å². The maximum Gasteiger partial charge on any atom is 0.252 e. The summed E-state index contributed by atoms with van der Waals surface area (Å²) in [6.45, 7) is 0.801. The van der Waals surface area contributed by atoms with E-state index in [1.165, 1.54) is 0 Å². The van der Waals surface area contributed by atoms with Crippen LogP contribution in [0.4, 0.5) is 0 Å². The van der Waals surface area contributed by atoms with Crippen molar-refractivity contribution in [2.24, 2.45) is 0 Å². The first kappa shape index (κ1) is 15.4. The molecule has 0 saturated carbocycles. The van der Waals surface area contributed by atoms with E-state index in [0.717, 1.165) is 0 Å². The number of hydrogen-bond acceptors (Lipinski definition) is 3. The van der Waals surface area contributed by atoms with E-state index in [4.69, 9.17) is 21.1 Å². The third-order valence-electron chi connectivity index (χ3n) is 2.35. The van der Waals surface area contributed by atoms with E-state index in [0.29, 0.717) is 28.2 Å². The van der Waals surface area contributed by atoms with Gasteiger partial charge in [-0.3, -0.25) is 4.79 Å². The highest BCUT2D eigenvalue weighted by Crippen LogP contribution is 2.20. The van der Waals surface area contributed by atoms with Gasteiger partial charge >= 0.3 is 0 Å². The Hall–Kier alpha value is -0.620. The second-order valence-corrected chi connectivity index (χ2v) is 4.94. The van der Waals surface area contributed by atoms with Gasteiger partial charge in [0, 0.05) is 30.3 Å². The van der Waals surface area contributed by atoms with Crippen LogP contribution in [0.15, 0.2) is 22.7 Å².